The second kappa shape index (κ2) is 8.42. The summed E-state index contributed by atoms with van der Waals surface area (Å²) >= 11 is 0. The van der Waals surface area contributed by atoms with Gasteiger partial charge < -0.3 is 4.74 Å². The molecule has 2 aromatic rings. The standard InChI is InChI=1S/C17H17N3O4/c1-2-10-24-16-9-4-3-8-15(16)17(21)19-18-12-13-6-5-7-14(11-13)20(22)23/h3-9,11-12H,2,10H2,1H3,(H,19,21). The summed E-state index contributed by atoms with van der Waals surface area (Å²) in [5.74, 6) is 0.0748. The molecule has 0 atom stereocenters. The first-order valence-corrected chi connectivity index (χ1v) is 7.41. The quantitative estimate of drug-likeness (QED) is 0.480. The highest BCUT2D eigenvalue weighted by Gasteiger charge is 2.11. The van der Waals surface area contributed by atoms with Crippen molar-refractivity contribution in [3.8, 4) is 5.75 Å². The minimum atomic E-state index is -0.489. The molecule has 0 unspecified atom stereocenters. The van der Waals surface area contributed by atoms with Crippen LogP contribution in [0.5, 0.6) is 5.75 Å². The van der Waals surface area contributed by atoms with E-state index in [-0.39, 0.29) is 5.69 Å². The molecule has 1 N–H and O–H groups in total. The number of hydrogen-bond acceptors (Lipinski definition) is 5. The normalized spacial score (nSPS) is 10.5. The minimum absolute atomic E-state index is 0.0383. The number of carbonyl (C=O) groups is 1. The van der Waals surface area contributed by atoms with Gasteiger partial charge in [0, 0.05) is 17.7 Å². The van der Waals surface area contributed by atoms with Crippen molar-refractivity contribution >= 4 is 17.8 Å². The van der Waals surface area contributed by atoms with Gasteiger partial charge in [0.2, 0.25) is 0 Å². The van der Waals surface area contributed by atoms with Gasteiger partial charge in [0.25, 0.3) is 11.6 Å². The van der Waals surface area contributed by atoms with E-state index in [1.165, 1.54) is 18.3 Å². The maximum Gasteiger partial charge on any atom is 0.275 e. The highest BCUT2D eigenvalue weighted by Crippen LogP contribution is 2.18. The van der Waals surface area contributed by atoms with Crippen LogP contribution in [0.1, 0.15) is 29.3 Å². The Balaban J connectivity index is 2.05. The molecule has 0 fully saturated rings. The molecule has 2 aromatic carbocycles. The Hall–Kier alpha value is -3.22. The van der Waals surface area contributed by atoms with Crippen LogP contribution in [0.25, 0.3) is 0 Å². The Morgan fingerprint density at radius 3 is 2.83 bits per heavy atom. The molecule has 0 aliphatic rings. The van der Waals surface area contributed by atoms with E-state index in [1.54, 1.807) is 36.4 Å². The number of amides is 1. The van der Waals surface area contributed by atoms with Crippen LogP contribution < -0.4 is 10.2 Å². The van der Waals surface area contributed by atoms with E-state index in [1.807, 2.05) is 6.92 Å². The van der Waals surface area contributed by atoms with Crippen molar-refractivity contribution in [1.82, 2.24) is 5.43 Å². The molecule has 124 valence electrons. The Kier molecular flexibility index (Phi) is 6.01. The number of ether oxygens (including phenoxy) is 1. The van der Waals surface area contributed by atoms with Gasteiger partial charge in [-0.15, -0.1) is 0 Å². The van der Waals surface area contributed by atoms with Crippen LogP contribution >= 0.6 is 0 Å². The van der Waals surface area contributed by atoms with Crippen LogP contribution in [0.2, 0.25) is 0 Å². The number of hydrazone groups is 1. The summed E-state index contributed by atoms with van der Waals surface area (Å²) in [4.78, 5) is 22.4. The zero-order valence-corrected chi connectivity index (χ0v) is 13.1. The Morgan fingerprint density at radius 1 is 1.29 bits per heavy atom. The molecular formula is C17H17N3O4. The number of hydrogen-bond donors (Lipinski definition) is 1. The molecule has 0 aliphatic carbocycles. The molecule has 0 bridgehead atoms. The summed E-state index contributed by atoms with van der Waals surface area (Å²) in [6.07, 6.45) is 2.18. The highest BCUT2D eigenvalue weighted by atomic mass is 16.6. The van der Waals surface area contributed by atoms with Gasteiger partial charge in [-0.2, -0.15) is 5.10 Å². The van der Waals surface area contributed by atoms with Crippen LogP contribution in [0.15, 0.2) is 53.6 Å². The molecule has 0 saturated heterocycles. The number of nitro groups is 1. The highest BCUT2D eigenvalue weighted by molar-refractivity contribution is 5.97. The fourth-order valence-corrected chi connectivity index (χ4v) is 1.94. The van der Waals surface area contributed by atoms with Gasteiger partial charge in [0.15, 0.2) is 0 Å². The van der Waals surface area contributed by atoms with Gasteiger partial charge in [-0.05, 0) is 18.6 Å². The van der Waals surface area contributed by atoms with Crippen molar-refractivity contribution in [3.63, 3.8) is 0 Å². The SMILES string of the molecule is CCCOc1ccccc1C(=O)NN=Cc1cccc([N+](=O)[O-])c1. The number of nitrogens with zero attached hydrogens (tertiary/aromatic N) is 2. The third-order valence-corrected chi connectivity index (χ3v) is 3.05. The van der Waals surface area contributed by atoms with Gasteiger partial charge in [0.05, 0.1) is 23.3 Å². The Bertz CT molecular complexity index is 759. The molecule has 7 nitrogen and oxygen atoms in total. The van der Waals surface area contributed by atoms with E-state index in [4.69, 9.17) is 4.74 Å². The molecule has 0 radical (unpaired) electrons. The maximum absolute atomic E-state index is 12.2. The van der Waals surface area contributed by atoms with Crippen LogP contribution in [0, 0.1) is 10.1 Å². The minimum Gasteiger partial charge on any atom is -0.493 e. The van der Waals surface area contributed by atoms with E-state index in [9.17, 15) is 14.9 Å². The molecule has 7 heteroatoms. The first-order chi connectivity index (χ1) is 11.6. The first kappa shape index (κ1) is 17.1. The van der Waals surface area contributed by atoms with Gasteiger partial charge in [-0.3, -0.25) is 14.9 Å². The number of nitro benzene ring substituents is 1. The largest absolute Gasteiger partial charge is 0.493 e. The number of benzene rings is 2. The predicted octanol–water partition coefficient (Wildman–Crippen LogP) is 3.15. The second-order valence-electron chi connectivity index (χ2n) is 4.90. The number of rotatable bonds is 7. The van der Waals surface area contributed by atoms with Crippen LogP contribution in [-0.4, -0.2) is 23.7 Å². The van der Waals surface area contributed by atoms with Gasteiger partial charge in [-0.1, -0.05) is 31.2 Å². The van der Waals surface area contributed by atoms with Crippen molar-refractivity contribution in [3.05, 3.63) is 69.8 Å². The Labute approximate surface area is 139 Å². The zero-order chi connectivity index (χ0) is 17.4. The molecule has 1 amide bonds. The summed E-state index contributed by atoms with van der Waals surface area (Å²) in [5, 5.41) is 14.6. The molecule has 0 spiro atoms. The molecule has 24 heavy (non-hydrogen) atoms. The predicted molar refractivity (Wildman–Crippen MR) is 90.4 cm³/mol. The monoisotopic (exact) mass is 327 g/mol. The summed E-state index contributed by atoms with van der Waals surface area (Å²) in [6.45, 7) is 2.49. The number of para-hydroxylation sites is 1. The molecular weight excluding hydrogens is 310 g/mol. The average molecular weight is 327 g/mol. The molecule has 0 saturated carbocycles. The Morgan fingerprint density at radius 2 is 2.08 bits per heavy atom. The van der Waals surface area contributed by atoms with Crippen LogP contribution in [-0.2, 0) is 0 Å². The lowest BCUT2D eigenvalue weighted by atomic mass is 10.2. The molecule has 0 aliphatic heterocycles. The van der Waals surface area contributed by atoms with Crippen molar-refractivity contribution in [2.45, 2.75) is 13.3 Å². The topological polar surface area (TPSA) is 93.8 Å². The second-order valence-corrected chi connectivity index (χ2v) is 4.90. The summed E-state index contributed by atoms with van der Waals surface area (Å²) in [6, 6.07) is 12.8. The summed E-state index contributed by atoms with van der Waals surface area (Å²) in [7, 11) is 0. The summed E-state index contributed by atoms with van der Waals surface area (Å²) < 4.78 is 5.53. The third-order valence-electron chi connectivity index (χ3n) is 3.05. The number of carbonyl (C=O) groups excluding carboxylic acids is 1. The average Bonchev–Trinajstić information content (AvgIpc) is 2.60. The number of non-ortho nitro benzene ring substituents is 1. The van der Waals surface area contributed by atoms with Crippen molar-refractivity contribution in [2.24, 2.45) is 5.10 Å². The lowest BCUT2D eigenvalue weighted by molar-refractivity contribution is -0.384. The van der Waals surface area contributed by atoms with E-state index in [0.717, 1.165) is 6.42 Å². The molecule has 2 rings (SSSR count). The van der Waals surface area contributed by atoms with Crippen molar-refractivity contribution in [2.75, 3.05) is 6.61 Å². The van der Waals surface area contributed by atoms with E-state index < -0.39 is 10.8 Å². The summed E-state index contributed by atoms with van der Waals surface area (Å²) in [5.41, 5.74) is 3.25. The lowest BCUT2D eigenvalue weighted by Crippen LogP contribution is -2.18. The van der Waals surface area contributed by atoms with E-state index in [2.05, 4.69) is 10.5 Å². The van der Waals surface area contributed by atoms with Gasteiger partial charge in [-0.25, -0.2) is 5.43 Å². The fourth-order valence-electron chi connectivity index (χ4n) is 1.94. The van der Waals surface area contributed by atoms with Crippen LogP contribution in [0.3, 0.4) is 0 Å². The zero-order valence-electron chi connectivity index (χ0n) is 13.1. The smallest absolute Gasteiger partial charge is 0.275 e. The lowest BCUT2D eigenvalue weighted by Gasteiger charge is -2.09. The van der Waals surface area contributed by atoms with Crippen molar-refractivity contribution in [1.29, 1.82) is 0 Å². The van der Waals surface area contributed by atoms with Gasteiger partial charge in [0.1, 0.15) is 5.75 Å². The van der Waals surface area contributed by atoms with E-state index in [0.29, 0.717) is 23.5 Å². The molecule has 0 aromatic heterocycles. The van der Waals surface area contributed by atoms with Gasteiger partial charge >= 0.3 is 0 Å². The van der Waals surface area contributed by atoms with Crippen molar-refractivity contribution < 1.29 is 14.5 Å². The molecule has 0 heterocycles. The van der Waals surface area contributed by atoms with E-state index >= 15 is 0 Å². The fraction of sp³-hybridized carbons (Fsp3) is 0.176. The van der Waals surface area contributed by atoms with Crippen LogP contribution in [0.4, 0.5) is 5.69 Å². The maximum atomic E-state index is 12.2. The first-order valence-electron chi connectivity index (χ1n) is 7.41. The number of nitrogens with one attached hydrogen (secondary N) is 1. The third kappa shape index (κ3) is 4.64.